The Morgan fingerprint density at radius 3 is 2.95 bits per heavy atom. The Bertz CT molecular complexity index is 615. The van der Waals surface area contributed by atoms with Gasteiger partial charge in [0.2, 0.25) is 0 Å². The van der Waals surface area contributed by atoms with Crippen molar-refractivity contribution >= 4 is 55.3 Å². The lowest BCUT2D eigenvalue weighted by Crippen LogP contribution is -2.24. The van der Waals surface area contributed by atoms with Crippen LogP contribution in [-0.4, -0.2) is 18.7 Å². The summed E-state index contributed by atoms with van der Waals surface area (Å²) in [5.41, 5.74) is 2.41. The van der Waals surface area contributed by atoms with E-state index in [-0.39, 0.29) is 12.5 Å². The number of halogens is 2. The van der Waals surface area contributed by atoms with Crippen LogP contribution in [0.1, 0.15) is 4.88 Å². The molecular weight excluding hydrogens is 408 g/mol. The molecule has 0 bridgehead atoms. The van der Waals surface area contributed by atoms with Crippen molar-refractivity contribution in [2.75, 3.05) is 6.61 Å². The van der Waals surface area contributed by atoms with Gasteiger partial charge in [0.1, 0.15) is 5.75 Å². The van der Waals surface area contributed by atoms with E-state index in [4.69, 9.17) is 4.74 Å². The van der Waals surface area contributed by atoms with Crippen molar-refractivity contribution in [3.8, 4) is 5.75 Å². The van der Waals surface area contributed by atoms with Gasteiger partial charge in [-0.25, -0.2) is 5.43 Å². The number of hydrazone groups is 1. The van der Waals surface area contributed by atoms with Crippen LogP contribution in [0.25, 0.3) is 0 Å². The summed E-state index contributed by atoms with van der Waals surface area (Å²) in [5.74, 6) is 0.290. The summed E-state index contributed by atoms with van der Waals surface area (Å²) in [7, 11) is 0. The lowest BCUT2D eigenvalue weighted by molar-refractivity contribution is -0.123. The van der Waals surface area contributed by atoms with Crippen molar-refractivity contribution in [2.24, 2.45) is 5.10 Å². The molecule has 0 aliphatic carbocycles. The van der Waals surface area contributed by atoms with Crippen molar-refractivity contribution in [3.63, 3.8) is 0 Å². The number of amides is 1. The minimum atomic E-state index is -0.312. The van der Waals surface area contributed by atoms with Gasteiger partial charge in [0.15, 0.2) is 6.61 Å². The van der Waals surface area contributed by atoms with Gasteiger partial charge in [-0.15, -0.1) is 11.3 Å². The molecule has 0 atom stereocenters. The number of ether oxygens (including phenoxy) is 1. The van der Waals surface area contributed by atoms with E-state index in [9.17, 15) is 4.79 Å². The SMILES string of the molecule is O=C(COc1ccc(Br)cc1Br)NN=Cc1cccs1. The summed E-state index contributed by atoms with van der Waals surface area (Å²) in [5, 5.41) is 5.79. The second-order valence-corrected chi connectivity index (χ2v) is 6.42. The van der Waals surface area contributed by atoms with Crippen LogP contribution in [0.15, 0.2) is 49.8 Å². The maximum atomic E-state index is 11.6. The number of hydrogen-bond donors (Lipinski definition) is 1. The number of benzene rings is 1. The standard InChI is InChI=1S/C13H10Br2N2O2S/c14-9-3-4-12(11(15)6-9)19-8-13(18)17-16-7-10-2-1-5-20-10/h1-7H,8H2,(H,17,18). The van der Waals surface area contributed by atoms with Crippen LogP contribution in [0.5, 0.6) is 5.75 Å². The highest BCUT2D eigenvalue weighted by Gasteiger charge is 2.05. The average Bonchev–Trinajstić information content (AvgIpc) is 2.91. The highest BCUT2D eigenvalue weighted by molar-refractivity contribution is 9.11. The smallest absolute Gasteiger partial charge is 0.277 e. The van der Waals surface area contributed by atoms with E-state index in [1.54, 1.807) is 23.6 Å². The van der Waals surface area contributed by atoms with Gasteiger partial charge < -0.3 is 4.74 Å². The minimum absolute atomic E-state index is 0.0952. The van der Waals surface area contributed by atoms with Crippen molar-refractivity contribution in [1.29, 1.82) is 0 Å². The van der Waals surface area contributed by atoms with Crippen molar-refractivity contribution in [3.05, 3.63) is 49.5 Å². The predicted octanol–water partition coefficient (Wildman–Crippen LogP) is 3.80. The normalized spacial score (nSPS) is 10.7. The zero-order chi connectivity index (χ0) is 14.4. The van der Waals surface area contributed by atoms with Crippen LogP contribution < -0.4 is 10.2 Å². The average molecular weight is 418 g/mol. The fraction of sp³-hybridized carbons (Fsp3) is 0.0769. The monoisotopic (exact) mass is 416 g/mol. The zero-order valence-electron chi connectivity index (χ0n) is 10.2. The number of carbonyl (C=O) groups excluding carboxylic acids is 1. The molecule has 0 aliphatic rings. The van der Waals surface area contributed by atoms with E-state index >= 15 is 0 Å². The molecule has 1 aromatic heterocycles. The number of carbonyl (C=O) groups is 1. The molecule has 1 amide bonds. The Hall–Kier alpha value is -1.18. The van der Waals surface area contributed by atoms with Gasteiger partial charge in [-0.05, 0) is 45.6 Å². The molecule has 0 aliphatic heterocycles. The van der Waals surface area contributed by atoms with Gasteiger partial charge >= 0.3 is 0 Å². The second-order valence-electron chi connectivity index (χ2n) is 3.67. The van der Waals surface area contributed by atoms with Crippen LogP contribution >= 0.6 is 43.2 Å². The molecule has 0 saturated carbocycles. The molecule has 0 fully saturated rings. The first-order chi connectivity index (χ1) is 9.65. The van der Waals surface area contributed by atoms with E-state index in [0.717, 1.165) is 13.8 Å². The minimum Gasteiger partial charge on any atom is -0.483 e. The molecule has 2 rings (SSSR count). The molecule has 0 spiro atoms. The van der Waals surface area contributed by atoms with Gasteiger partial charge in [0, 0.05) is 9.35 Å². The highest BCUT2D eigenvalue weighted by Crippen LogP contribution is 2.27. The first-order valence-corrected chi connectivity index (χ1v) is 8.05. The quantitative estimate of drug-likeness (QED) is 0.594. The van der Waals surface area contributed by atoms with Crippen LogP contribution in [0.3, 0.4) is 0 Å². The van der Waals surface area contributed by atoms with Crippen LogP contribution in [0.4, 0.5) is 0 Å². The Labute approximate surface area is 137 Å². The van der Waals surface area contributed by atoms with E-state index in [1.165, 1.54) is 0 Å². The number of rotatable bonds is 5. The zero-order valence-corrected chi connectivity index (χ0v) is 14.2. The Morgan fingerprint density at radius 2 is 2.25 bits per heavy atom. The molecule has 4 nitrogen and oxygen atoms in total. The van der Waals surface area contributed by atoms with Crippen LogP contribution in [-0.2, 0) is 4.79 Å². The molecule has 104 valence electrons. The number of nitrogens with zero attached hydrogens (tertiary/aromatic N) is 1. The number of nitrogens with one attached hydrogen (secondary N) is 1. The molecule has 20 heavy (non-hydrogen) atoms. The van der Waals surface area contributed by atoms with Crippen molar-refractivity contribution < 1.29 is 9.53 Å². The molecule has 1 N–H and O–H groups in total. The molecule has 7 heteroatoms. The summed E-state index contributed by atoms with van der Waals surface area (Å²) in [6, 6.07) is 9.29. The molecule has 0 unspecified atom stereocenters. The summed E-state index contributed by atoms with van der Waals surface area (Å²) < 4.78 is 7.10. The van der Waals surface area contributed by atoms with Gasteiger partial charge in [-0.3, -0.25) is 4.79 Å². The maximum Gasteiger partial charge on any atom is 0.277 e. The first kappa shape index (κ1) is 15.2. The van der Waals surface area contributed by atoms with E-state index in [0.29, 0.717) is 5.75 Å². The van der Waals surface area contributed by atoms with Gasteiger partial charge in [0.05, 0.1) is 10.7 Å². The lowest BCUT2D eigenvalue weighted by atomic mass is 10.3. The molecule has 0 saturated heterocycles. The molecule has 0 radical (unpaired) electrons. The number of thiophene rings is 1. The Kier molecular flexibility index (Phi) is 5.75. The van der Waals surface area contributed by atoms with Crippen molar-refractivity contribution in [1.82, 2.24) is 5.43 Å². The van der Waals surface area contributed by atoms with Crippen LogP contribution in [0.2, 0.25) is 0 Å². The van der Waals surface area contributed by atoms with Gasteiger partial charge in [0.25, 0.3) is 5.91 Å². The maximum absolute atomic E-state index is 11.6. The fourth-order valence-electron chi connectivity index (χ4n) is 1.30. The van der Waals surface area contributed by atoms with Gasteiger partial charge in [-0.1, -0.05) is 22.0 Å². The number of hydrogen-bond acceptors (Lipinski definition) is 4. The summed E-state index contributed by atoms with van der Waals surface area (Å²) >= 11 is 8.25. The lowest BCUT2D eigenvalue weighted by Gasteiger charge is -2.07. The van der Waals surface area contributed by atoms with Gasteiger partial charge in [-0.2, -0.15) is 5.10 Å². The topological polar surface area (TPSA) is 50.7 Å². The van der Waals surface area contributed by atoms with E-state index < -0.39 is 0 Å². The van der Waals surface area contributed by atoms with E-state index in [2.05, 4.69) is 42.4 Å². The third kappa shape index (κ3) is 4.73. The third-order valence-corrected chi connectivity index (χ3v) is 4.10. The predicted molar refractivity (Wildman–Crippen MR) is 87.4 cm³/mol. The Balaban J connectivity index is 1.80. The van der Waals surface area contributed by atoms with Crippen LogP contribution in [0, 0.1) is 0 Å². The third-order valence-electron chi connectivity index (χ3n) is 2.18. The summed E-state index contributed by atoms with van der Waals surface area (Å²) in [6.45, 7) is -0.0952. The molecule has 2 aromatic rings. The first-order valence-electron chi connectivity index (χ1n) is 5.58. The highest BCUT2D eigenvalue weighted by atomic mass is 79.9. The summed E-state index contributed by atoms with van der Waals surface area (Å²) in [6.07, 6.45) is 1.60. The second kappa shape index (κ2) is 7.56. The molecule has 1 aromatic carbocycles. The summed E-state index contributed by atoms with van der Waals surface area (Å²) in [4.78, 5) is 12.5. The fourth-order valence-corrected chi connectivity index (χ4v) is 3.05. The van der Waals surface area contributed by atoms with E-state index in [1.807, 2.05) is 29.6 Å². The van der Waals surface area contributed by atoms with Crippen molar-refractivity contribution in [2.45, 2.75) is 0 Å². The Morgan fingerprint density at radius 1 is 1.40 bits per heavy atom. The molecule has 1 heterocycles. The largest absolute Gasteiger partial charge is 0.483 e. The molecular formula is C13H10Br2N2O2S.